The molecule has 0 aliphatic heterocycles. The number of rotatable bonds is 16. The number of amides is 2. The summed E-state index contributed by atoms with van der Waals surface area (Å²) in [6.07, 6.45) is -0.0520. The molecule has 0 unspecified atom stereocenters. The van der Waals surface area contributed by atoms with Crippen LogP contribution >= 0.6 is 0 Å². The van der Waals surface area contributed by atoms with Crippen LogP contribution in [0.4, 0.5) is 11.4 Å². The van der Waals surface area contributed by atoms with Gasteiger partial charge in [-0.2, -0.15) is 0 Å². The third-order valence-corrected chi connectivity index (χ3v) is 6.77. The number of ether oxygens (including phenoxy) is 6. The van der Waals surface area contributed by atoms with Gasteiger partial charge in [0, 0.05) is 55.8 Å². The maximum Gasteiger partial charge on any atom is 0.337 e. The minimum absolute atomic E-state index is 0.0520. The number of anilines is 2. The molecule has 0 aliphatic rings. The molecule has 0 saturated heterocycles. The van der Waals surface area contributed by atoms with Crippen LogP contribution in [0.15, 0.2) is 91.0 Å². The normalized spacial score (nSPS) is 10.5. The molecule has 0 heterocycles. The molecule has 0 aliphatic carbocycles. The summed E-state index contributed by atoms with van der Waals surface area (Å²) in [5.41, 5.74) is 1.65. The molecule has 0 bridgehead atoms. The minimum atomic E-state index is -0.603. The molecule has 0 fully saturated rings. The number of methoxy groups -OCH3 is 3. The lowest BCUT2D eigenvalue weighted by Gasteiger charge is -2.13. The van der Waals surface area contributed by atoms with Gasteiger partial charge in [0.2, 0.25) is 0 Å². The molecule has 0 saturated carbocycles. The highest BCUT2D eigenvalue weighted by Gasteiger charge is 2.16. The van der Waals surface area contributed by atoms with Crippen LogP contribution in [-0.2, 0) is 35.0 Å². The van der Waals surface area contributed by atoms with Crippen molar-refractivity contribution in [2.75, 3.05) is 51.8 Å². The average molecular weight is 699 g/mol. The molecule has 2 N–H and O–H groups in total. The second-order valence-electron chi connectivity index (χ2n) is 10.7. The Morgan fingerprint density at radius 1 is 0.471 bits per heavy atom. The van der Waals surface area contributed by atoms with Gasteiger partial charge in [-0.3, -0.25) is 14.4 Å². The van der Waals surface area contributed by atoms with Gasteiger partial charge in [0.15, 0.2) is 5.78 Å². The Bertz CT molecular complexity index is 1780. The van der Waals surface area contributed by atoms with E-state index in [1.807, 2.05) is 0 Å². The lowest BCUT2D eigenvalue weighted by Crippen LogP contribution is -2.16. The molecule has 4 aromatic carbocycles. The van der Waals surface area contributed by atoms with Crippen molar-refractivity contribution in [3.05, 3.63) is 113 Å². The number of nitrogens with one attached hydrogen (secondary N) is 2. The van der Waals surface area contributed by atoms with Crippen LogP contribution in [0, 0.1) is 0 Å². The van der Waals surface area contributed by atoms with E-state index in [4.69, 9.17) is 28.4 Å². The van der Waals surface area contributed by atoms with E-state index in [9.17, 15) is 28.8 Å². The first-order valence-electron chi connectivity index (χ1n) is 15.3. The predicted octanol–water partition coefficient (Wildman–Crippen LogP) is 4.27. The molecule has 14 heteroatoms. The van der Waals surface area contributed by atoms with E-state index in [2.05, 4.69) is 10.6 Å². The quantitative estimate of drug-likeness (QED) is 0.0965. The van der Waals surface area contributed by atoms with Gasteiger partial charge in [-0.15, -0.1) is 0 Å². The number of esters is 3. The topological polar surface area (TPSA) is 182 Å². The fraction of sp³-hybridized carbons (Fsp3) is 0.189. The third-order valence-electron chi connectivity index (χ3n) is 6.77. The van der Waals surface area contributed by atoms with Crippen LogP contribution in [-0.4, -0.2) is 76.7 Å². The van der Waals surface area contributed by atoms with Crippen LogP contribution < -0.4 is 24.8 Å². The lowest BCUT2D eigenvalue weighted by atomic mass is 10.0. The van der Waals surface area contributed by atoms with Crippen LogP contribution in [0.3, 0.4) is 0 Å². The maximum absolute atomic E-state index is 13.5. The molecule has 264 valence electrons. The van der Waals surface area contributed by atoms with Crippen molar-refractivity contribution in [3.63, 3.8) is 0 Å². The van der Waals surface area contributed by atoms with E-state index in [0.29, 0.717) is 5.56 Å². The van der Waals surface area contributed by atoms with Crippen LogP contribution in [0.2, 0.25) is 0 Å². The summed E-state index contributed by atoms with van der Waals surface area (Å²) in [6, 6.07) is 22.4. The molecule has 0 radical (unpaired) electrons. The molecule has 4 aromatic rings. The molecule has 0 aromatic heterocycles. The number of benzene rings is 4. The van der Waals surface area contributed by atoms with E-state index in [1.165, 1.54) is 88.1 Å². The fourth-order valence-corrected chi connectivity index (χ4v) is 4.49. The fourth-order valence-electron chi connectivity index (χ4n) is 4.49. The van der Waals surface area contributed by atoms with Crippen molar-refractivity contribution >= 4 is 46.9 Å². The van der Waals surface area contributed by atoms with Gasteiger partial charge in [-0.05, 0) is 84.4 Å². The number of hydrogen-bond acceptors (Lipinski definition) is 12. The Morgan fingerprint density at radius 3 is 1.18 bits per heavy atom. The first kappa shape index (κ1) is 37.6. The van der Waals surface area contributed by atoms with Gasteiger partial charge >= 0.3 is 17.9 Å². The monoisotopic (exact) mass is 698 g/mol. The summed E-state index contributed by atoms with van der Waals surface area (Å²) >= 11 is 0. The summed E-state index contributed by atoms with van der Waals surface area (Å²) in [6.45, 7) is -0.681. The first-order valence-corrected chi connectivity index (χ1v) is 15.3. The highest BCUT2D eigenvalue weighted by Crippen LogP contribution is 2.24. The number of hydrogen-bond donors (Lipinski definition) is 2. The van der Waals surface area contributed by atoms with Gasteiger partial charge in [-0.25, -0.2) is 14.4 Å². The van der Waals surface area contributed by atoms with Gasteiger partial charge in [-0.1, -0.05) is 12.1 Å². The Labute approximate surface area is 292 Å². The van der Waals surface area contributed by atoms with Crippen LogP contribution in [0.5, 0.6) is 17.2 Å². The van der Waals surface area contributed by atoms with E-state index >= 15 is 0 Å². The van der Waals surface area contributed by atoms with Gasteiger partial charge in [0.1, 0.15) is 37.1 Å². The summed E-state index contributed by atoms with van der Waals surface area (Å²) in [5, 5.41) is 5.47. The zero-order valence-corrected chi connectivity index (χ0v) is 27.9. The van der Waals surface area contributed by atoms with E-state index in [0.717, 1.165) is 0 Å². The third kappa shape index (κ3) is 11.7. The SMILES string of the molecule is COCC(=O)Oc1ccc(CC(=O)c2cc(NC(=O)c3ccc(OC(=O)COC)cc3)cc(NC(=O)c3ccc(OC(=O)COC)cc3)c2)cc1. The molecule has 2 amide bonds. The maximum atomic E-state index is 13.5. The van der Waals surface area contributed by atoms with Crippen LogP contribution in [0.1, 0.15) is 36.6 Å². The molecule has 0 spiro atoms. The second kappa shape index (κ2) is 18.5. The molecule has 14 nitrogen and oxygen atoms in total. The standard InChI is InChI=1S/C37H34N2O12/c1-46-20-33(41)49-29-10-4-23(5-11-29)16-32(40)26-17-27(38-36(44)24-6-12-30(13-7-24)50-34(42)21-47-2)19-28(18-26)39-37(45)25-8-14-31(15-9-25)51-35(43)22-48-3/h4-15,17-19H,16,20-22H2,1-3H3,(H,38,44)(H,39,45). The number of carbonyl (C=O) groups excluding carboxylic acids is 6. The van der Waals surface area contributed by atoms with Crippen molar-refractivity contribution in [2.45, 2.75) is 6.42 Å². The minimum Gasteiger partial charge on any atom is -0.425 e. The largest absolute Gasteiger partial charge is 0.425 e. The van der Waals surface area contributed by atoms with Crippen molar-refractivity contribution in [1.29, 1.82) is 0 Å². The van der Waals surface area contributed by atoms with Crippen molar-refractivity contribution in [3.8, 4) is 17.2 Å². The molecule has 4 rings (SSSR count). The van der Waals surface area contributed by atoms with Crippen LogP contribution in [0.25, 0.3) is 0 Å². The van der Waals surface area contributed by atoms with Gasteiger partial charge in [0.25, 0.3) is 11.8 Å². The second-order valence-corrected chi connectivity index (χ2v) is 10.7. The highest BCUT2D eigenvalue weighted by molar-refractivity contribution is 6.08. The Morgan fingerprint density at radius 2 is 0.824 bits per heavy atom. The average Bonchev–Trinajstić information content (AvgIpc) is 3.10. The smallest absolute Gasteiger partial charge is 0.337 e. The summed E-state index contributed by atoms with van der Waals surface area (Å²) in [7, 11) is 4.09. The van der Waals surface area contributed by atoms with E-state index in [-0.39, 0.29) is 77.3 Å². The predicted molar refractivity (Wildman–Crippen MR) is 182 cm³/mol. The summed E-state index contributed by atoms with van der Waals surface area (Å²) in [5.74, 6) is -2.48. The first-order chi connectivity index (χ1) is 24.6. The zero-order chi connectivity index (χ0) is 36.8. The lowest BCUT2D eigenvalue weighted by molar-refractivity contribution is -0.139. The molecule has 51 heavy (non-hydrogen) atoms. The Hall–Kier alpha value is -6.22. The molecule has 0 atom stereocenters. The summed E-state index contributed by atoms with van der Waals surface area (Å²) < 4.78 is 29.7. The van der Waals surface area contributed by atoms with E-state index < -0.39 is 29.7 Å². The van der Waals surface area contributed by atoms with Crippen molar-refractivity contribution in [2.24, 2.45) is 0 Å². The van der Waals surface area contributed by atoms with Crippen molar-refractivity contribution in [1.82, 2.24) is 0 Å². The number of Topliss-reactive ketones (excluding diaryl/α,β-unsaturated/α-hetero) is 1. The number of ketones is 1. The van der Waals surface area contributed by atoms with Gasteiger partial charge < -0.3 is 39.1 Å². The van der Waals surface area contributed by atoms with E-state index in [1.54, 1.807) is 24.3 Å². The zero-order valence-electron chi connectivity index (χ0n) is 27.9. The molecular formula is C37H34N2O12. The molecular weight excluding hydrogens is 664 g/mol. The van der Waals surface area contributed by atoms with Crippen molar-refractivity contribution < 1.29 is 57.2 Å². The Kier molecular flexibility index (Phi) is 13.7. The highest BCUT2D eigenvalue weighted by atomic mass is 16.6. The Balaban J connectivity index is 1.54. The summed E-state index contributed by atoms with van der Waals surface area (Å²) in [4.78, 5) is 74.9. The van der Waals surface area contributed by atoms with Gasteiger partial charge in [0.05, 0.1) is 0 Å². The number of carbonyl (C=O) groups is 6.